The van der Waals surface area contributed by atoms with E-state index in [-0.39, 0.29) is 29.5 Å². The van der Waals surface area contributed by atoms with Gasteiger partial charge >= 0.3 is 0 Å². The maximum atomic E-state index is 13.2. The molecule has 2 aromatic rings. The highest BCUT2D eigenvalue weighted by Gasteiger charge is 2.30. The van der Waals surface area contributed by atoms with Crippen LogP contribution in [0.5, 0.6) is 5.75 Å². The van der Waals surface area contributed by atoms with Crippen LogP contribution in [0, 0.1) is 0 Å². The number of anilines is 1. The van der Waals surface area contributed by atoms with Crippen molar-refractivity contribution in [3.63, 3.8) is 0 Å². The van der Waals surface area contributed by atoms with E-state index in [0.717, 1.165) is 38.6 Å². The lowest BCUT2D eigenvalue weighted by molar-refractivity contribution is -0.117. The lowest BCUT2D eigenvalue weighted by atomic mass is 10.1. The summed E-state index contributed by atoms with van der Waals surface area (Å²) in [5.41, 5.74) is 1.59. The second kappa shape index (κ2) is 10.5. The Bertz CT molecular complexity index is 1110. The smallest absolute Gasteiger partial charge is 0.243 e. The molecule has 0 spiro atoms. The molecule has 2 saturated heterocycles. The van der Waals surface area contributed by atoms with Gasteiger partial charge in [0.1, 0.15) is 5.75 Å². The standard InChI is InChI=1S/C25H36N4O4S/c1-19(2)33-24-12-11-20(34(31,32)29-15-5-4-6-16-29)17-21(24)26-25(30)18-28-14-8-10-23(28)22-9-7-13-27(22)3/h7,9,11-13,17,19,23H,4-6,8,10,14-16,18H2,1-3H3,(H,26,30)/t23-/m1/s1. The van der Waals surface area contributed by atoms with Crippen molar-refractivity contribution in [2.24, 2.45) is 7.05 Å². The number of hydrogen-bond acceptors (Lipinski definition) is 5. The normalized spacial score (nSPS) is 20.1. The summed E-state index contributed by atoms with van der Waals surface area (Å²) in [6, 6.07) is 9.08. The van der Waals surface area contributed by atoms with Crippen molar-refractivity contribution in [2.45, 2.75) is 63.0 Å². The molecule has 3 heterocycles. The topological polar surface area (TPSA) is 83.9 Å². The SMILES string of the molecule is CC(C)Oc1ccc(S(=O)(=O)N2CCCCC2)cc1NC(=O)CN1CCC[C@@H]1c1cccn1C. The monoisotopic (exact) mass is 488 g/mol. The van der Waals surface area contributed by atoms with E-state index in [9.17, 15) is 13.2 Å². The Labute approximate surface area is 202 Å². The van der Waals surface area contributed by atoms with Gasteiger partial charge in [0.2, 0.25) is 15.9 Å². The van der Waals surface area contributed by atoms with Gasteiger partial charge in [-0.25, -0.2) is 8.42 Å². The molecule has 4 rings (SSSR count). The van der Waals surface area contributed by atoms with Crippen LogP contribution in [0.2, 0.25) is 0 Å². The molecule has 0 unspecified atom stereocenters. The molecule has 1 N–H and O–H groups in total. The Hall–Kier alpha value is -2.36. The van der Waals surface area contributed by atoms with Crippen LogP contribution in [-0.2, 0) is 21.9 Å². The van der Waals surface area contributed by atoms with Crippen molar-refractivity contribution < 1.29 is 17.9 Å². The number of sulfonamides is 1. The third kappa shape index (κ3) is 5.47. The number of aryl methyl sites for hydroxylation is 1. The van der Waals surface area contributed by atoms with E-state index in [1.807, 2.05) is 33.2 Å². The number of amides is 1. The molecule has 0 radical (unpaired) electrons. The van der Waals surface area contributed by atoms with E-state index in [1.54, 1.807) is 12.1 Å². The maximum Gasteiger partial charge on any atom is 0.243 e. The van der Waals surface area contributed by atoms with Crippen LogP contribution < -0.4 is 10.1 Å². The van der Waals surface area contributed by atoms with Crippen LogP contribution in [0.15, 0.2) is 41.4 Å². The lowest BCUT2D eigenvalue weighted by Gasteiger charge is -2.27. The number of nitrogens with zero attached hydrogens (tertiary/aromatic N) is 3. The molecule has 1 aromatic carbocycles. The predicted molar refractivity (Wildman–Crippen MR) is 132 cm³/mol. The molecule has 1 aromatic heterocycles. The first-order chi connectivity index (χ1) is 16.3. The van der Waals surface area contributed by atoms with Crippen LogP contribution in [0.1, 0.15) is 57.7 Å². The molecule has 2 aliphatic heterocycles. The summed E-state index contributed by atoms with van der Waals surface area (Å²) in [7, 11) is -1.59. The molecule has 1 amide bonds. The lowest BCUT2D eigenvalue weighted by Crippen LogP contribution is -2.35. The third-order valence-electron chi connectivity index (χ3n) is 6.58. The van der Waals surface area contributed by atoms with Crippen LogP contribution in [0.4, 0.5) is 5.69 Å². The molecule has 1 atom stereocenters. The number of carbonyl (C=O) groups is 1. The van der Waals surface area contributed by atoms with Crippen LogP contribution in [-0.4, -0.2) is 60.4 Å². The Morgan fingerprint density at radius 1 is 1.12 bits per heavy atom. The van der Waals surface area contributed by atoms with Gasteiger partial charge in [-0.15, -0.1) is 0 Å². The molecule has 9 heteroatoms. The molecular weight excluding hydrogens is 452 g/mol. The summed E-state index contributed by atoms with van der Waals surface area (Å²) >= 11 is 0. The minimum Gasteiger partial charge on any atom is -0.489 e. The number of piperidine rings is 1. The summed E-state index contributed by atoms with van der Waals surface area (Å²) in [5.74, 6) is 0.295. The van der Waals surface area contributed by atoms with Crippen molar-refractivity contribution in [1.29, 1.82) is 0 Å². The van der Waals surface area contributed by atoms with E-state index in [0.29, 0.717) is 24.5 Å². The molecule has 8 nitrogen and oxygen atoms in total. The quantitative estimate of drug-likeness (QED) is 0.612. The Morgan fingerprint density at radius 2 is 1.88 bits per heavy atom. The summed E-state index contributed by atoms with van der Waals surface area (Å²) < 4.78 is 35.9. The maximum absolute atomic E-state index is 13.2. The second-order valence-electron chi connectivity index (χ2n) is 9.51. The van der Waals surface area contributed by atoms with E-state index in [1.165, 1.54) is 16.1 Å². The van der Waals surface area contributed by atoms with E-state index in [4.69, 9.17) is 4.74 Å². The van der Waals surface area contributed by atoms with Gasteiger partial charge in [-0.3, -0.25) is 9.69 Å². The zero-order valence-electron chi connectivity index (χ0n) is 20.4. The molecule has 0 aliphatic carbocycles. The first kappa shape index (κ1) is 24.8. The summed E-state index contributed by atoms with van der Waals surface area (Å²) in [5, 5.41) is 2.94. The number of rotatable bonds is 8. The highest BCUT2D eigenvalue weighted by atomic mass is 32.2. The highest BCUT2D eigenvalue weighted by Crippen LogP contribution is 2.33. The number of ether oxygens (including phenoxy) is 1. The third-order valence-corrected chi connectivity index (χ3v) is 8.47. The van der Waals surface area contributed by atoms with Crippen molar-refractivity contribution in [2.75, 3.05) is 31.5 Å². The fraction of sp³-hybridized carbons (Fsp3) is 0.560. The minimum atomic E-state index is -3.62. The predicted octanol–water partition coefficient (Wildman–Crippen LogP) is 3.76. The fourth-order valence-electron chi connectivity index (χ4n) is 4.92. The summed E-state index contributed by atoms with van der Waals surface area (Å²) in [4.78, 5) is 15.5. The van der Waals surface area contributed by atoms with Gasteiger partial charge in [0.05, 0.1) is 29.3 Å². The number of nitrogens with one attached hydrogen (secondary N) is 1. The molecule has 0 bridgehead atoms. The van der Waals surface area contributed by atoms with Crippen molar-refractivity contribution in [1.82, 2.24) is 13.8 Å². The van der Waals surface area contributed by atoms with E-state index in [2.05, 4.69) is 20.9 Å². The van der Waals surface area contributed by atoms with E-state index < -0.39 is 10.0 Å². The van der Waals surface area contributed by atoms with Crippen LogP contribution in [0.3, 0.4) is 0 Å². The number of aromatic nitrogens is 1. The highest BCUT2D eigenvalue weighted by molar-refractivity contribution is 7.89. The average molecular weight is 489 g/mol. The Morgan fingerprint density at radius 3 is 2.56 bits per heavy atom. The number of carbonyl (C=O) groups excluding carboxylic acids is 1. The van der Waals surface area contributed by atoms with Gasteiger partial charge in [-0.05, 0) is 76.4 Å². The van der Waals surface area contributed by atoms with Gasteiger partial charge < -0.3 is 14.6 Å². The van der Waals surface area contributed by atoms with Crippen molar-refractivity contribution >= 4 is 21.6 Å². The first-order valence-electron chi connectivity index (χ1n) is 12.2. The molecule has 0 saturated carbocycles. The molecule has 34 heavy (non-hydrogen) atoms. The van der Waals surface area contributed by atoms with Crippen molar-refractivity contribution in [3.05, 3.63) is 42.2 Å². The summed E-state index contributed by atoms with van der Waals surface area (Å²) in [6.07, 6.45) is 6.75. The van der Waals surface area contributed by atoms with Crippen LogP contribution >= 0.6 is 0 Å². The van der Waals surface area contributed by atoms with Gasteiger partial charge in [0, 0.05) is 32.0 Å². The number of likely N-dealkylation sites (tertiary alicyclic amines) is 1. The second-order valence-corrected chi connectivity index (χ2v) is 11.4. The van der Waals surface area contributed by atoms with E-state index >= 15 is 0 Å². The first-order valence-corrected chi connectivity index (χ1v) is 13.7. The Balaban J connectivity index is 1.53. The number of hydrogen-bond donors (Lipinski definition) is 1. The van der Waals surface area contributed by atoms with Gasteiger partial charge in [-0.2, -0.15) is 4.31 Å². The molecule has 186 valence electrons. The fourth-order valence-corrected chi connectivity index (χ4v) is 6.47. The Kier molecular flexibility index (Phi) is 7.64. The van der Waals surface area contributed by atoms with Crippen LogP contribution in [0.25, 0.3) is 0 Å². The summed E-state index contributed by atoms with van der Waals surface area (Å²) in [6.45, 7) is 5.95. The minimum absolute atomic E-state index is 0.111. The number of benzene rings is 1. The van der Waals surface area contributed by atoms with Gasteiger partial charge in [-0.1, -0.05) is 6.42 Å². The zero-order valence-corrected chi connectivity index (χ0v) is 21.2. The largest absolute Gasteiger partial charge is 0.489 e. The van der Waals surface area contributed by atoms with Gasteiger partial charge in [0.25, 0.3) is 0 Å². The van der Waals surface area contributed by atoms with Crippen molar-refractivity contribution in [3.8, 4) is 5.75 Å². The van der Waals surface area contributed by atoms with Gasteiger partial charge in [0.15, 0.2) is 0 Å². The molecule has 2 aliphatic rings. The molecular formula is C25H36N4O4S. The molecule has 2 fully saturated rings. The average Bonchev–Trinajstić information content (AvgIpc) is 3.43. The zero-order chi connectivity index (χ0) is 24.3.